The van der Waals surface area contributed by atoms with Gasteiger partial charge in [-0.1, -0.05) is 24.3 Å². The van der Waals surface area contributed by atoms with Crippen molar-refractivity contribution in [2.75, 3.05) is 43.4 Å². The zero-order chi connectivity index (χ0) is 27.4. The number of fused-ring (bicyclic) bond motifs is 1. The molecule has 0 aromatic heterocycles. The minimum absolute atomic E-state index is 0.0521. The number of carboxylic acids is 2. The molecule has 5 rings (SSSR count). The number of para-hydroxylation sites is 1. The van der Waals surface area contributed by atoms with Crippen molar-refractivity contribution in [1.29, 1.82) is 0 Å². The summed E-state index contributed by atoms with van der Waals surface area (Å²) in [6.45, 7) is 3.42. The number of hydrogen-bond acceptors (Lipinski definition) is 6. The van der Waals surface area contributed by atoms with Crippen molar-refractivity contribution >= 4 is 29.3 Å². The molecule has 39 heavy (non-hydrogen) atoms. The van der Waals surface area contributed by atoms with Crippen LogP contribution in [0.15, 0.2) is 42.5 Å². The first-order valence-electron chi connectivity index (χ1n) is 13.7. The summed E-state index contributed by atoms with van der Waals surface area (Å²) in [6, 6.07) is 12.2. The van der Waals surface area contributed by atoms with Crippen LogP contribution in [-0.2, 0) is 16.0 Å². The van der Waals surface area contributed by atoms with Crippen LogP contribution in [0.2, 0.25) is 0 Å². The molecule has 10 heteroatoms. The maximum Gasteiger partial charge on any atom is 0.323 e. The van der Waals surface area contributed by atoms with Crippen molar-refractivity contribution in [2.24, 2.45) is 23.7 Å². The quantitative estimate of drug-likeness (QED) is 0.286. The third-order valence-electron chi connectivity index (χ3n) is 8.32. The van der Waals surface area contributed by atoms with Crippen LogP contribution < -0.4 is 26.0 Å². The van der Waals surface area contributed by atoms with E-state index in [0.29, 0.717) is 49.7 Å². The zero-order valence-electron chi connectivity index (χ0n) is 21.8. The first-order chi connectivity index (χ1) is 18.9. The summed E-state index contributed by atoms with van der Waals surface area (Å²) in [7, 11) is 0. The SMILES string of the molecule is O=C(Nc1cccc(C[C@H](C(=O)O)[C@H]2CCNC2)c1)Nc1cccc2c1OCC[C@H]2[C@@H](C(=O)O)[C@H]1CCNC1. The number of nitrogens with one attached hydrogen (secondary N) is 4. The number of carboxylic acid groups (broad SMARTS) is 2. The van der Waals surface area contributed by atoms with Gasteiger partial charge in [-0.2, -0.15) is 0 Å². The standard InChI is InChI=1S/C29H36N4O6/c34-27(35)23(18-7-10-30-15-18)14-17-3-1-4-20(13-17)32-29(38)33-24-6-2-5-22-21(9-12-39-26(22)24)25(28(36)37)19-8-11-31-16-19/h1-6,13,18-19,21,23,25,30-31H,7-12,14-16H2,(H,34,35)(H,36,37)(H2,32,33,38)/t18-,19-,21+,23-,25-/m0/s1. The van der Waals surface area contributed by atoms with Crippen molar-refractivity contribution in [2.45, 2.75) is 31.6 Å². The lowest BCUT2D eigenvalue weighted by molar-refractivity contribution is -0.145. The Morgan fingerprint density at radius 1 is 0.923 bits per heavy atom. The molecule has 3 aliphatic heterocycles. The largest absolute Gasteiger partial charge is 0.491 e. The van der Waals surface area contributed by atoms with Gasteiger partial charge in [0.15, 0.2) is 0 Å². The second kappa shape index (κ2) is 12.0. The van der Waals surface area contributed by atoms with Crippen LogP contribution >= 0.6 is 0 Å². The minimum atomic E-state index is -0.804. The number of carbonyl (C=O) groups excluding carboxylic acids is 1. The zero-order valence-corrected chi connectivity index (χ0v) is 21.8. The number of urea groups is 1. The molecular weight excluding hydrogens is 500 g/mol. The van der Waals surface area contributed by atoms with Crippen molar-refractivity contribution in [1.82, 2.24) is 10.6 Å². The van der Waals surface area contributed by atoms with Crippen molar-refractivity contribution in [3.63, 3.8) is 0 Å². The van der Waals surface area contributed by atoms with Crippen molar-refractivity contribution < 1.29 is 29.3 Å². The monoisotopic (exact) mass is 536 g/mol. The van der Waals surface area contributed by atoms with Gasteiger partial charge >= 0.3 is 18.0 Å². The van der Waals surface area contributed by atoms with E-state index >= 15 is 0 Å². The van der Waals surface area contributed by atoms with Gasteiger partial charge in [-0.05, 0) is 87.5 Å². The lowest BCUT2D eigenvalue weighted by Crippen LogP contribution is -2.34. The number of hydrogen-bond donors (Lipinski definition) is 6. The second-order valence-electron chi connectivity index (χ2n) is 10.8. The van der Waals surface area contributed by atoms with E-state index in [1.165, 1.54) is 0 Å². The summed E-state index contributed by atoms with van der Waals surface area (Å²) < 4.78 is 5.95. The molecule has 0 unspecified atom stereocenters. The number of rotatable bonds is 9. The first-order valence-corrected chi connectivity index (χ1v) is 13.7. The average Bonchev–Trinajstić information content (AvgIpc) is 3.63. The van der Waals surface area contributed by atoms with Gasteiger partial charge in [-0.25, -0.2) is 4.79 Å². The van der Waals surface area contributed by atoms with Gasteiger partial charge in [0.2, 0.25) is 0 Å². The van der Waals surface area contributed by atoms with Gasteiger partial charge in [-0.3, -0.25) is 9.59 Å². The molecular formula is C29H36N4O6. The number of ether oxygens (including phenoxy) is 1. The van der Waals surface area contributed by atoms with Gasteiger partial charge in [0.1, 0.15) is 5.75 Å². The Morgan fingerprint density at radius 3 is 2.36 bits per heavy atom. The Bertz CT molecular complexity index is 1210. The molecule has 0 radical (unpaired) electrons. The minimum Gasteiger partial charge on any atom is -0.491 e. The van der Waals surface area contributed by atoms with Gasteiger partial charge < -0.3 is 36.2 Å². The molecule has 0 saturated carbocycles. The summed E-state index contributed by atoms with van der Waals surface area (Å²) in [5.41, 5.74) is 2.69. The van der Waals surface area contributed by atoms with Crippen LogP contribution in [0, 0.1) is 23.7 Å². The van der Waals surface area contributed by atoms with Gasteiger partial charge in [0, 0.05) is 17.2 Å². The molecule has 0 bridgehead atoms. The Morgan fingerprint density at radius 2 is 1.67 bits per heavy atom. The number of carbonyl (C=O) groups is 3. The van der Waals surface area contributed by atoms with E-state index in [4.69, 9.17) is 4.74 Å². The molecule has 2 aromatic rings. The summed E-state index contributed by atoms with van der Waals surface area (Å²) in [5.74, 6) is -2.16. The van der Waals surface area contributed by atoms with Crippen molar-refractivity contribution in [3.8, 4) is 5.75 Å². The molecule has 3 heterocycles. The van der Waals surface area contributed by atoms with Crippen LogP contribution in [0.3, 0.4) is 0 Å². The maximum atomic E-state index is 13.0. The predicted molar refractivity (Wildman–Crippen MR) is 146 cm³/mol. The predicted octanol–water partition coefficient (Wildman–Crippen LogP) is 3.36. The first kappa shape index (κ1) is 27.0. The molecule has 10 nitrogen and oxygen atoms in total. The molecule has 6 N–H and O–H groups in total. The summed E-state index contributed by atoms with van der Waals surface area (Å²) in [4.78, 5) is 37.1. The smallest absolute Gasteiger partial charge is 0.323 e. The maximum absolute atomic E-state index is 13.0. The fourth-order valence-electron chi connectivity index (χ4n) is 6.40. The molecule has 5 atom stereocenters. The number of amides is 2. The van der Waals surface area contributed by atoms with Gasteiger partial charge in [0.25, 0.3) is 0 Å². The Labute approximate surface area is 227 Å². The van der Waals surface area contributed by atoms with Crippen LogP contribution in [0.4, 0.5) is 16.2 Å². The highest BCUT2D eigenvalue weighted by Gasteiger charge is 2.40. The number of aliphatic carboxylic acids is 2. The average molecular weight is 537 g/mol. The third kappa shape index (κ3) is 6.17. The summed E-state index contributed by atoms with van der Waals surface area (Å²) >= 11 is 0. The van der Waals surface area contributed by atoms with E-state index in [0.717, 1.165) is 37.1 Å². The molecule has 0 spiro atoms. The van der Waals surface area contributed by atoms with Crippen LogP contribution in [0.1, 0.15) is 36.3 Å². The van der Waals surface area contributed by atoms with Gasteiger partial charge in [-0.15, -0.1) is 0 Å². The Balaban J connectivity index is 1.28. The van der Waals surface area contributed by atoms with Crippen LogP contribution in [-0.4, -0.2) is 61.0 Å². The van der Waals surface area contributed by atoms with Crippen LogP contribution in [0.25, 0.3) is 0 Å². The summed E-state index contributed by atoms with van der Waals surface area (Å²) in [6.07, 6.45) is 2.67. The van der Waals surface area contributed by atoms with Crippen molar-refractivity contribution in [3.05, 3.63) is 53.6 Å². The molecule has 3 aliphatic rings. The normalized spacial score (nSPS) is 23.7. The summed E-state index contributed by atoms with van der Waals surface area (Å²) in [5, 5.41) is 32.0. The lowest BCUT2D eigenvalue weighted by Gasteiger charge is -2.33. The number of anilines is 2. The van der Waals surface area contributed by atoms with E-state index in [1.54, 1.807) is 24.3 Å². The molecule has 2 fully saturated rings. The van der Waals surface area contributed by atoms with E-state index < -0.39 is 29.8 Å². The fraction of sp³-hybridized carbons (Fsp3) is 0.483. The van der Waals surface area contributed by atoms with Gasteiger partial charge in [0.05, 0.1) is 24.1 Å². The fourth-order valence-corrected chi connectivity index (χ4v) is 6.40. The highest BCUT2D eigenvalue weighted by atomic mass is 16.5. The highest BCUT2D eigenvalue weighted by molar-refractivity contribution is 6.01. The van der Waals surface area contributed by atoms with E-state index in [-0.39, 0.29) is 17.8 Å². The highest BCUT2D eigenvalue weighted by Crippen LogP contribution is 2.45. The molecule has 2 aromatic carbocycles. The Kier molecular flexibility index (Phi) is 8.33. The number of benzene rings is 2. The lowest BCUT2D eigenvalue weighted by atomic mass is 9.74. The van der Waals surface area contributed by atoms with E-state index in [2.05, 4.69) is 21.3 Å². The molecule has 2 amide bonds. The molecule has 208 valence electrons. The van der Waals surface area contributed by atoms with Crippen LogP contribution in [0.5, 0.6) is 5.75 Å². The molecule has 0 aliphatic carbocycles. The third-order valence-corrected chi connectivity index (χ3v) is 8.32. The Hall–Kier alpha value is -3.63. The van der Waals surface area contributed by atoms with E-state index in [1.807, 2.05) is 18.2 Å². The topological polar surface area (TPSA) is 149 Å². The second-order valence-corrected chi connectivity index (χ2v) is 10.8. The molecule has 2 saturated heterocycles. The van der Waals surface area contributed by atoms with E-state index in [9.17, 15) is 24.6 Å².